The number of ether oxygens (including phenoxy) is 1. The number of pyridine rings is 1. The minimum absolute atomic E-state index is 0.160. The Hall–Kier alpha value is -3.41. The van der Waals surface area contributed by atoms with Gasteiger partial charge >= 0.3 is 5.97 Å². The van der Waals surface area contributed by atoms with Crippen molar-refractivity contribution in [2.24, 2.45) is 0 Å². The number of nitrogens with zero attached hydrogens (tertiary/aromatic N) is 1. The first-order valence-electron chi connectivity index (χ1n) is 9.00. The number of carbonyl (C=O) groups excluding carboxylic acids is 1. The molecule has 0 saturated heterocycles. The molecule has 0 radical (unpaired) electrons. The van der Waals surface area contributed by atoms with E-state index in [2.05, 4.69) is 10.3 Å². The van der Waals surface area contributed by atoms with E-state index in [-0.39, 0.29) is 5.91 Å². The monoisotopic (exact) mass is 378 g/mol. The van der Waals surface area contributed by atoms with Crippen LogP contribution in [0, 0.1) is 0 Å². The molecule has 3 rings (SSSR count). The lowest BCUT2D eigenvalue weighted by Gasteiger charge is -2.21. The number of carboxylic acid groups (broad SMARTS) is 1. The molecule has 3 aromatic rings. The van der Waals surface area contributed by atoms with E-state index in [0.29, 0.717) is 29.8 Å². The fourth-order valence-electron chi connectivity index (χ4n) is 2.77. The number of aliphatic carboxylic acids is 1. The van der Waals surface area contributed by atoms with Gasteiger partial charge in [-0.1, -0.05) is 30.3 Å². The molecule has 0 aliphatic heterocycles. The lowest BCUT2D eigenvalue weighted by Crippen LogP contribution is -2.37. The van der Waals surface area contributed by atoms with E-state index in [0.717, 1.165) is 10.9 Å². The predicted molar refractivity (Wildman–Crippen MR) is 107 cm³/mol. The number of para-hydroxylation sites is 1. The Bertz CT molecular complexity index is 992. The largest absolute Gasteiger partial charge is 0.478 e. The second-order valence-corrected chi connectivity index (χ2v) is 6.95. The standard InChI is InChI=1S/C22H22N2O4/c1-22(2,21(26)27)28-17-10-8-15(9-11-17)12-14-24-20(25)18-7-3-5-16-6-4-13-23-19(16)18/h3-11,13H,12,14H2,1-2H3,(H,24,25)(H,26,27). The summed E-state index contributed by atoms with van der Waals surface area (Å²) in [5.74, 6) is -0.698. The number of hydrogen-bond acceptors (Lipinski definition) is 4. The molecule has 0 aliphatic carbocycles. The number of nitrogens with one attached hydrogen (secondary N) is 1. The molecule has 2 N–H and O–H groups in total. The summed E-state index contributed by atoms with van der Waals surface area (Å²) >= 11 is 0. The Morgan fingerprint density at radius 2 is 1.79 bits per heavy atom. The van der Waals surface area contributed by atoms with Gasteiger partial charge in [-0.15, -0.1) is 0 Å². The van der Waals surface area contributed by atoms with Gasteiger partial charge in [0.2, 0.25) is 0 Å². The summed E-state index contributed by atoms with van der Waals surface area (Å²) in [7, 11) is 0. The first-order valence-corrected chi connectivity index (χ1v) is 9.00. The van der Waals surface area contributed by atoms with Crippen molar-refractivity contribution in [1.29, 1.82) is 0 Å². The third-order valence-electron chi connectivity index (χ3n) is 4.39. The minimum atomic E-state index is -1.29. The van der Waals surface area contributed by atoms with Crippen LogP contribution in [-0.2, 0) is 11.2 Å². The highest BCUT2D eigenvalue weighted by Gasteiger charge is 2.29. The van der Waals surface area contributed by atoms with Crippen molar-refractivity contribution >= 4 is 22.8 Å². The van der Waals surface area contributed by atoms with Crippen LogP contribution >= 0.6 is 0 Å². The second-order valence-electron chi connectivity index (χ2n) is 6.95. The van der Waals surface area contributed by atoms with Crippen LogP contribution < -0.4 is 10.1 Å². The average Bonchev–Trinajstić information content (AvgIpc) is 2.68. The van der Waals surface area contributed by atoms with Gasteiger partial charge in [-0.2, -0.15) is 0 Å². The SMILES string of the molecule is CC(C)(Oc1ccc(CCNC(=O)c2cccc3cccnc23)cc1)C(=O)O. The summed E-state index contributed by atoms with van der Waals surface area (Å²) < 4.78 is 5.48. The van der Waals surface area contributed by atoms with E-state index in [9.17, 15) is 9.59 Å². The van der Waals surface area contributed by atoms with Crippen molar-refractivity contribution in [3.8, 4) is 5.75 Å². The van der Waals surface area contributed by atoms with Crippen molar-refractivity contribution in [2.75, 3.05) is 6.54 Å². The maximum Gasteiger partial charge on any atom is 0.347 e. The van der Waals surface area contributed by atoms with Gasteiger partial charge in [0, 0.05) is 18.1 Å². The Kier molecular flexibility index (Phi) is 5.59. The van der Waals surface area contributed by atoms with Crippen LogP contribution in [0.3, 0.4) is 0 Å². The summed E-state index contributed by atoms with van der Waals surface area (Å²) in [4.78, 5) is 27.9. The quantitative estimate of drug-likeness (QED) is 0.657. The molecule has 0 saturated carbocycles. The molecule has 0 fully saturated rings. The van der Waals surface area contributed by atoms with E-state index in [4.69, 9.17) is 9.84 Å². The minimum Gasteiger partial charge on any atom is -0.478 e. The van der Waals surface area contributed by atoms with Crippen LogP contribution in [0.4, 0.5) is 0 Å². The number of rotatable bonds is 7. The zero-order valence-corrected chi connectivity index (χ0v) is 15.8. The summed E-state index contributed by atoms with van der Waals surface area (Å²) in [6.45, 7) is 3.48. The maximum atomic E-state index is 12.5. The van der Waals surface area contributed by atoms with E-state index >= 15 is 0 Å². The highest BCUT2D eigenvalue weighted by molar-refractivity contribution is 6.05. The zero-order chi connectivity index (χ0) is 20.1. The highest BCUT2D eigenvalue weighted by Crippen LogP contribution is 2.19. The smallest absolute Gasteiger partial charge is 0.347 e. The van der Waals surface area contributed by atoms with Gasteiger partial charge < -0.3 is 15.2 Å². The lowest BCUT2D eigenvalue weighted by atomic mass is 10.1. The number of hydrogen-bond donors (Lipinski definition) is 2. The van der Waals surface area contributed by atoms with Crippen LogP contribution in [0.2, 0.25) is 0 Å². The van der Waals surface area contributed by atoms with E-state index in [1.165, 1.54) is 13.8 Å². The number of amides is 1. The van der Waals surface area contributed by atoms with Crippen molar-refractivity contribution < 1.29 is 19.4 Å². The molecule has 2 aromatic carbocycles. The summed E-state index contributed by atoms with van der Waals surface area (Å²) in [6, 6.07) is 16.5. The Balaban J connectivity index is 1.57. The average molecular weight is 378 g/mol. The number of carboxylic acids is 1. The van der Waals surface area contributed by atoms with E-state index in [1.54, 1.807) is 24.4 Å². The molecular formula is C22H22N2O4. The number of benzene rings is 2. The molecule has 0 bridgehead atoms. The third kappa shape index (κ3) is 4.46. The van der Waals surface area contributed by atoms with Gasteiger partial charge in [-0.05, 0) is 50.1 Å². The van der Waals surface area contributed by atoms with Gasteiger partial charge in [0.05, 0.1) is 11.1 Å². The van der Waals surface area contributed by atoms with Crippen LogP contribution in [0.25, 0.3) is 10.9 Å². The summed E-state index contributed by atoms with van der Waals surface area (Å²) in [6.07, 6.45) is 2.32. The zero-order valence-electron chi connectivity index (χ0n) is 15.8. The fraction of sp³-hybridized carbons (Fsp3) is 0.227. The molecule has 28 heavy (non-hydrogen) atoms. The molecule has 0 atom stereocenters. The first-order chi connectivity index (χ1) is 13.4. The number of aromatic nitrogens is 1. The van der Waals surface area contributed by atoms with E-state index in [1.807, 2.05) is 36.4 Å². The summed E-state index contributed by atoms with van der Waals surface area (Å²) in [5, 5.41) is 13.0. The van der Waals surface area contributed by atoms with Gasteiger partial charge in [0.1, 0.15) is 5.75 Å². The second kappa shape index (κ2) is 8.08. The molecule has 0 unspecified atom stereocenters. The topological polar surface area (TPSA) is 88.5 Å². The normalized spacial score (nSPS) is 11.2. The Morgan fingerprint density at radius 3 is 2.50 bits per heavy atom. The molecule has 6 heteroatoms. The van der Waals surface area contributed by atoms with Gasteiger partial charge in [-0.25, -0.2) is 4.79 Å². The van der Waals surface area contributed by atoms with E-state index < -0.39 is 11.6 Å². The molecule has 6 nitrogen and oxygen atoms in total. The summed E-state index contributed by atoms with van der Waals surface area (Å²) in [5.41, 5.74) is 0.960. The van der Waals surface area contributed by atoms with Crippen molar-refractivity contribution in [2.45, 2.75) is 25.9 Å². The fourth-order valence-corrected chi connectivity index (χ4v) is 2.77. The first kappa shape index (κ1) is 19.4. The van der Waals surface area contributed by atoms with Crippen molar-refractivity contribution in [1.82, 2.24) is 10.3 Å². The third-order valence-corrected chi connectivity index (χ3v) is 4.39. The van der Waals surface area contributed by atoms with Gasteiger partial charge in [0.15, 0.2) is 5.60 Å². The van der Waals surface area contributed by atoms with Crippen molar-refractivity contribution in [3.05, 3.63) is 71.9 Å². The molecule has 1 aromatic heterocycles. The molecule has 0 aliphatic rings. The molecule has 144 valence electrons. The van der Waals surface area contributed by atoms with Gasteiger partial charge in [0.25, 0.3) is 5.91 Å². The number of carbonyl (C=O) groups is 2. The molecule has 1 heterocycles. The van der Waals surface area contributed by atoms with Crippen molar-refractivity contribution in [3.63, 3.8) is 0 Å². The van der Waals surface area contributed by atoms with Crippen LogP contribution in [-0.4, -0.2) is 34.1 Å². The van der Waals surface area contributed by atoms with Gasteiger partial charge in [-0.3, -0.25) is 9.78 Å². The van der Waals surface area contributed by atoms with Crippen LogP contribution in [0.15, 0.2) is 60.8 Å². The maximum absolute atomic E-state index is 12.5. The van der Waals surface area contributed by atoms with Crippen LogP contribution in [0.1, 0.15) is 29.8 Å². The number of fused-ring (bicyclic) bond motifs is 1. The van der Waals surface area contributed by atoms with Crippen LogP contribution in [0.5, 0.6) is 5.75 Å². The lowest BCUT2D eigenvalue weighted by molar-refractivity contribution is -0.152. The molecule has 1 amide bonds. The Labute approximate surface area is 163 Å². The Morgan fingerprint density at radius 1 is 1.07 bits per heavy atom. The predicted octanol–water partition coefficient (Wildman–Crippen LogP) is 3.45. The molecular weight excluding hydrogens is 356 g/mol. The highest BCUT2D eigenvalue weighted by atomic mass is 16.5. The molecule has 0 spiro atoms.